The molecule has 0 bridgehead atoms. The summed E-state index contributed by atoms with van der Waals surface area (Å²) in [6.45, 7) is 4.84. The standard InChI is InChI=1S/C13H21N5O3/c1-3-14-13-15-8-11(18(19)20)12(16-13)17-6-4-10(5-7-17)9-21-2/h8,10H,3-7,9H2,1-2H3,(H,14,15,16). The van der Waals surface area contributed by atoms with Crippen LogP contribution >= 0.6 is 0 Å². The Labute approximate surface area is 123 Å². The van der Waals surface area contributed by atoms with Crippen molar-refractivity contribution < 1.29 is 9.66 Å². The van der Waals surface area contributed by atoms with E-state index in [2.05, 4.69) is 15.3 Å². The molecule has 0 aromatic carbocycles. The van der Waals surface area contributed by atoms with Crippen LogP contribution in [0.25, 0.3) is 0 Å². The number of nitrogens with zero attached hydrogens (tertiary/aromatic N) is 4. The van der Waals surface area contributed by atoms with E-state index in [0.29, 0.717) is 24.2 Å². The molecule has 1 N–H and O–H groups in total. The van der Waals surface area contributed by atoms with Gasteiger partial charge in [-0.2, -0.15) is 4.98 Å². The smallest absolute Gasteiger partial charge is 0.329 e. The van der Waals surface area contributed by atoms with Crippen LogP contribution in [0.5, 0.6) is 0 Å². The molecule has 1 aliphatic rings. The molecule has 8 nitrogen and oxygen atoms in total. The molecule has 116 valence electrons. The summed E-state index contributed by atoms with van der Waals surface area (Å²) in [5.41, 5.74) is -0.0400. The van der Waals surface area contributed by atoms with Crippen molar-refractivity contribution in [1.82, 2.24) is 9.97 Å². The van der Waals surface area contributed by atoms with E-state index in [1.54, 1.807) is 7.11 Å². The maximum atomic E-state index is 11.2. The summed E-state index contributed by atoms with van der Waals surface area (Å²) in [6, 6.07) is 0. The van der Waals surface area contributed by atoms with E-state index in [1.807, 2.05) is 11.8 Å². The maximum Gasteiger partial charge on any atom is 0.329 e. The van der Waals surface area contributed by atoms with Gasteiger partial charge in [-0.05, 0) is 25.7 Å². The van der Waals surface area contributed by atoms with Gasteiger partial charge in [0, 0.05) is 33.4 Å². The molecule has 1 aromatic rings. The summed E-state index contributed by atoms with van der Waals surface area (Å²) in [5.74, 6) is 1.35. The third-order valence-electron chi connectivity index (χ3n) is 3.60. The Morgan fingerprint density at radius 3 is 2.81 bits per heavy atom. The molecular weight excluding hydrogens is 274 g/mol. The normalized spacial score (nSPS) is 16.0. The van der Waals surface area contributed by atoms with E-state index in [4.69, 9.17) is 4.74 Å². The van der Waals surface area contributed by atoms with Crippen molar-refractivity contribution in [2.75, 3.05) is 43.6 Å². The Morgan fingerprint density at radius 2 is 2.24 bits per heavy atom. The molecular formula is C13H21N5O3. The highest BCUT2D eigenvalue weighted by Crippen LogP contribution is 2.29. The molecule has 0 spiro atoms. The van der Waals surface area contributed by atoms with Crippen molar-refractivity contribution in [3.63, 3.8) is 0 Å². The van der Waals surface area contributed by atoms with Gasteiger partial charge in [-0.1, -0.05) is 0 Å². The first kappa shape index (κ1) is 15.4. The lowest BCUT2D eigenvalue weighted by atomic mass is 9.98. The van der Waals surface area contributed by atoms with Crippen molar-refractivity contribution >= 4 is 17.5 Å². The second-order valence-corrected chi connectivity index (χ2v) is 5.08. The average molecular weight is 295 g/mol. The summed E-state index contributed by atoms with van der Waals surface area (Å²) < 4.78 is 5.17. The summed E-state index contributed by atoms with van der Waals surface area (Å²) >= 11 is 0. The molecule has 2 rings (SSSR count). The second-order valence-electron chi connectivity index (χ2n) is 5.08. The summed E-state index contributed by atoms with van der Waals surface area (Å²) in [6.07, 6.45) is 3.18. The van der Waals surface area contributed by atoms with Crippen LogP contribution in [0.15, 0.2) is 6.20 Å². The Morgan fingerprint density at radius 1 is 1.52 bits per heavy atom. The van der Waals surface area contributed by atoms with E-state index in [9.17, 15) is 10.1 Å². The number of hydrogen-bond acceptors (Lipinski definition) is 7. The first-order valence-electron chi connectivity index (χ1n) is 7.14. The number of nitro groups is 1. The highest BCUT2D eigenvalue weighted by molar-refractivity contribution is 5.59. The zero-order chi connectivity index (χ0) is 15.2. The lowest BCUT2D eigenvalue weighted by Crippen LogP contribution is -2.36. The molecule has 0 atom stereocenters. The first-order valence-corrected chi connectivity index (χ1v) is 7.14. The van der Waals surface area contributed by atoms with E-state index < -0.39 is 4.92 Å². The summed E-state index contributed by atoms with van der Waals surface area (Å²) in [7, 11) is 1.70. The number of rotatable bonds is 6. The molecule has 21 heavy (non-hydrogen) atoms. The van der Waals surface area contributed by atoms with Crippen LogP contribution in [0, 0.1) is 16.0 Å². The van der Waals surface area contributed by atoms with Crippen LogP contribution in [0.3, 0.4) is 0 Å². The van der Waals surface area contributed by atoms with Crippen molar-refractivity contribution in [2.24, 2.45) is 5.92 Å². The average Bonchev–Trinajstić information content (AvgIpc) is 2.48. The molecule has 2 heterocycles. The fourth-order valence-electron chi connectivity index (χ4n) is 2.52. The minimum Gasteiger partial charge on any atom is -0.384 e. The molecule has 8 heteroatoms. The van der Waals surface area contributed by atoms with Crippen LogP contribution in [-0.4, -0.2) is 48.2 Å². The monoisotopic (exact) mass is 295 g/mol. The van der Waals surface area contributed by atoms with Crippen LogP contribution in [0.1, 0.15) is 19.8 Å². The fourth-order valence-corrected chi connectivity index (χ4v) is 2.52. The predicted molar refractivity (Wildman–Crippen MR) is 79.7 cm³/mol. The highest BCUT2D eigenvalue weighted by Gasteiger charge is 2.27. The fraction of sp³-hybridized carbons (Fsp3) is 0.692. The minimum absolute atomic E-state index is 0.0400. The highest BCUT2D eigenvalue weighted by atomic mass is 16.6. The number of ether oxygens (including phenoxy) is 1. The van der Waals surface area contributed by atoms with E-state index in [1.165, 1.54) is 6.20 Å². The Balaban J connectivity index is 2.17. The van der Waals surface area contributed by atoms with Gasteiger partial charge in [-0.25, -0.2) is 4.98 Å². The molecule has 0 amide bonds. The van der Waals surface area contributed by atoms with Gasteiger partial charge >= 0.3 is 5.69 Å². The Bertz CT molecular complexity index is 489. The summed E-state index contributed by atoms with van der Waals surface area (Å²) in [5, 5.41) is 14.1. The molecule has 0 aliphatic carbocycles. The van der Waals surface area contributed by atoms with Crippen molar-refractivity contribution in [1.29, 1.82) is 0 Å². The third-order valence-corrected chi connectivity index (χ3v) is 3.60. The van der Waals surface area contributed by atoms with Crippen molar-refractivity contribution in [3.05, 3.63) is 16.3 Å². The molecule has 0 unspecified atom stereocenters. The Hall–Kier alpha value is -1.96. The molecule has 1 aromatic heterocycles. The molecule has 1 saturated heterocycles. The van der Waals surface area contributed by atoms with Crippen LogP contribution in [0.4, 0.5) is 17.5 Å². The lowest BCUT2D eigenvalue weighted by molar-refractivity contribution is -0.384. The molecule has 1 aliphatic heterocycles. The van der Waals surface area contributed by atoms with Gasteiger partial charge in [0.15, 0.2) is 0 Å². The van der Waals surface area contributed by atoms with Crippen molar-refractivity contribution in [3.8, 4) is 0 Å². The number of methoxy groups -OCH3 is 1. The van der Waals surface area contributed by atoms with E-state index in [0.717, 1.165) is 32.5 Å². The third kappa shape index (κ3) is 3.78. The largest absolute Gasteiger partial charge is 0.384 e. The van der Waals surface area contributed by atoms with Crippen LogP contribution in [0.2, 0.25) is 0 Å². The number of nitrogens with one attached hydrogen (secondary N) is 1. The van der Waals surface area contributed by atoms with Gasteiger partial charge in [0.1, 0.15) is 6.20 Å². The number of hydrogen-bond donors (Lipinski definition) is 1. The van der Waals surface area contributed by atoms with Gasteiger partial charge in [0.05, 0.1) is 4.92 Å². The quantitative estimate of drug-likeness (QED) is 0.630. The molecule has 1 fully saturated rings. The van der Waals surface area contributed by atoms with E-state index >= 15 is 0 Å². The SMILES string of the molecule is CCNc1ncc([N+](=O)[O-])c(N2CCC(COC)CC2)n1. The minimum atomic E-state index is -0.424. The Kier molecular flexibility index (Phi) is 5.26. The second kappa shape index (κ2) is 7.16. The number of anilines is 2. The van der Waals surface area contributed by atoms with Gasteiger partial charge < -0.3 is 15.0 Å². The van der Waals surface area contributed by atoms with Gasteiger partial charge in [-0.15, -0.1) is 0 Å². The maximum absolute atomic E-state index is 11.2. The van der Waals surface area contributed by atoms with Crippen LogP contribution < -0.4 is 10.2 Å². The van der Waals surface area contributed by atoms with Gasteiger partial charge in [0.25, 0.3) is 0 Å². The van der Waals surface area contributed by atoms with E-state index in [-0.39, 0.29) is 5.69 Å². The van der Waals surface area contributed by atoms with Crippen molar-refractivity contribution in [2.45, 2.75) is 19.8 Å². The van der Waals surface area contributed by atoms with Crippen LogP contribution in [-0.2, 0) is 4.74 Å². The van der Waals surface area contributed by atoms with Gasteiger partial charge in [-0.3, -0.25) is 10.1 Å². The predicted octanol–water partition coefficient (Wildman–Crippen LogP) is 1.68. The zero-order valence-electron chi connectivity index (χ0n) is 12.4. The first-order chi connectivity index (χ1) is 10.2. The number of aromatic nitrogens is 2. The number of piperidine rings is 1. The molecule has 0 saturated carbocycles. The lowest BCUT2D eigenvalue weighted by Gasteiger charge is -2.32. The van der Waals surface area contributed by atoms with Gasteiger partial charge in [0.2, 0.25) is 11.8 Å². The topological polar surface area (TPSA) is 93.4 Å². The zero-order valence-corrected chi connectivity index (χ0v) is 12.4. The molecule has 0 radical (unpaired) electrons. The summed E-state index contributed by atoms with van der Waals surface area (Å²) in [4.78, 5) is 21.0.